The molecule has 6 heteroatoms. The Morgan fingerprint density at radius 3 is 2.12 bits per heavy atom. The molecule has 0 saturated carbocycles. The predicted octanol–water partition coefficient (Wildman–Crippen LogP) is 3.70. The van der Waals surface area contributed by atoms with Crippen molar-refractivity contribution in [1.29, 1.82) is 0 Å². The van der Waals surface area contributed by atoms with Gasteiger partial charge in [-0.3, -0.25) is 9.59 Å². The van der Waals surface area contributed by atoms with Crippen LogP contribution < -0.4 is 0 Å². The number of carbonyl (C=O) groups is 2. The van der Waals surface area contributed by atoms with Crippen molar-refractivity contribution in [3.63, 3.8) is 0 Å². The maximum absolute atomic E-state index is 12.5. The van der Waals surface area contributed by atoms with Gasteiger partial charge in [0.15, 0.2) is 0 Å². The monoisotopic (exact) mass is 406 g/mol. The van der Waals surface area contributed by atoms with E-state index in [9.17, 15) is 9.59 Å². The van der Waals surface area contributed by atoms with Crippen LogP contribution in [0.1, 0.15) is 20.7 Å². The van der Waals surface area contributed by atoms with Crippen molar-refractivity contribution < 1.29 is 9.59 Å². The van der Waals surface area contributed by atoms with Crippen LogP contribution in [0.2, 0.25) is 5.02 Å². The Hall–Kier alpha value is -1.85. The summed E-state index contributed by atoms with van der Waals surface area (Å²) in [5, 5.41) is 0.454. The van der Waals surface area contributed by atoms with Gasteiger partial charge in [0.2, 0.25) is 0 Å². The molecule has 0 bridgehead atoms. The summed E-state index contributed by atoms with van der Waals surface area (Å²) in [6, 6.07) is 14.4. The first-order valence-corrected chi connectivity index (χ1v) is 8.82. The Labute approximate surface area is 154 Å². The molecule has 24 heavy (non-hydrogen) atoms. The van der Waals surface area contributed by atoms with E-state index in [1.54, 1.807) is 40.1 Å². The van der Waals surface area contributed by atoms with Crippen LogP contribution in [0.4, 0.5) is 0 Å². The molecule has 2 aromatic rings. The second-order valence-electron chi connectivity index (χ2n) is 5.57. The minimum Gasteiger partial charge on any atom is -0.335 e. The molecule has 0 radical (unpaired) electrons. The van der Waals surface area contributed by atoms with E-state index in [1.807, 2.05) is 18.2 Å². The summed E-state index contributed by atoms with van der Waals surface area (Å²) in [4.78, 5) is 28.6. The lowest BCUT2D eigenvalue weighted by molar-refractivity contribution is 0.0535. The van der Waals surface area contributed by atoms with Crippen LogP contribution in [0, 0.1) is 0 Å². The van der Waals surface area contributed by atoms with Crippen LogP contribution in [-0.4, -0.2) is 47.8 Å². The largest absolute Gasteiger partial charge is 0.335 e. The third kappa shape index (κ3) is 3.62. The van der Waals surface area contributed by atoms with Crippen molar-refractivity contribution in [3.8, 4) is 0 Å². The minimum absolute atomic E-state index is 0.0128. The fourth-order valence-corrected chi connectivity index (χ4v) is 3.34. The van der Waals surface area contributed by atoms with Crippen molar-refractivity contribution in [3.05, 3.63) is 69.2 Å². The lowest BCUT2D eigenvalue weighted by Crippen LogP contribution is -2.50. The molecule has 1 fully saturated rings. The molecule has 2 amide bonds. The van der Waals surface area contributed by atoms with E-state index in [2.05, 4.69) is 15.9 Å². The predicted molar refractivity (Wildman–Crippen MR) is 97.4 cm³/mol. The Bertz CT molecular complexity index is 773. The summed E-state index contributed by atoms with van der Waals surface area (Å²) in [6.07, 6.45) is 0. The molecule has 1 aliphatic heterocycles. The van der Waals surface area contributed by atoms with Gasteiger partial charge >= 0.3 is 0 Å². The molecule has 0 spiro atoms. The van der Waals surface area contributed by atoms with Crippen molar-refractivity contribution in [2.45, 2.75) is 0 Å². The van der Waals surface area contributed by atoms with Gasteiger partial charge in [-0.05, 0) is 30.3 Å². The quantitative estimate of drug-likeness (QED) is 0.761. The molecular weight excluding hydrogens is 392 g/mol. The van der Waals surface area contributed by atoms with E-state index < -0.39 is 0 Å². The number of hydrogen-bond acceptors (Lipinski definition) is 2. The van der Waals surface area contributed by atoms with Crippen molar-refractivity contribution in [1.82, 2.24) is 9.80 Å². The topological polar surface area (TPSA) is 40.6 Å². The van der Waals surface area contributed by atoms with E-state index in [0.29, 0.717) is 42.3 Å². The zero-order valence-electron chi connectivity index (χ0n) is 12.9. The van der Waals surface area contributed by atoms with Crippen LogP contribution in [0.5, 0.6) is 0 Å². The SMILES string of the molecule is O=C(c1cccc(Br)c1)N1CCN(C(=O)c2ccccc2Cl)CC1. The van der Waals surface area contributed by atoms with Gasteiger partial charge in [-0.15, -0.1) is 0 Å². The summed E-state index contributed by atoms with van der Waals surface area (Å²) in [5.74, 6) is -0.101. The normalized spacial score (nSPS) is 14.6. The fraction of sp³-hybridized carbons (Fsp3) is 0.222. The molecule has 0 aromatic heterocycles. The first kappa shape index (κ1) is 17.0. The summed E-state index contributed by atoms with van der Waals surface area (Å²) in [5.41, 5.74) is 1.15. The summed E-state index contributed by atoms with van der Waals surface area (Å²) < 4.78 is 0.876. The zero-order valence-corrected chi connectivity index (χ0v) is 15.3. The van der Waals surface area contributed by atoms with Gasteiger partial charge in [-0.25, -0.2) is 0 Å². The molecule has 0 aliphatic carbocycles. The number of rotatable bonds is 2. The Kier molecular flexibility index (Phi) is 5.21. The maximum atomic E-state index is 12.5. The van der Waals surface area contributed by atoms with Gasteiger partial charge < -0.3 is 9.80 Å². The molecule has 1 aliphatic rings. The highest BCUT2D eigenvalue weighted by Gasteiger charge is 2.26. The number of benzene rings is 2. The van der Waals surface area contributed by atoms with Crippen LogP contribution in [0.25, 0.3) is 0 Å². The van der Waals surface area contributed by atoms with Crippen molar-refractivity contribution in [2.24, 2.45) is 0 Å². The molecule has 1 heterocycles. The van der Waals surface area contributed by atoms with E-state index in [4.69, 9.17) is 11.6 Å². The fourth-order valence-electron chi connectivity index (χ4n) is 2.72. The van der Waals surface area contributed by atoms with Gasteiger partial charge in [-0.1, -0.05) is 45.7 Å². The number of amides is 2. The van der Waals surface area contributed by atoms with E-state index in [1.165, 1.54) is 0 Å². The summed E-state index contributed by atoms with van der Waals surface area (Å²) in [7, 11) is 0. The van der Waals surface area contributed by atoms with Gasteiger partial charge in [-0.2, -0.15) is 0 Å². The number of halogens is 2. The number of piperazine rings is 1. The Morgan fingerprint density at radius 1 is 0.875 bits per heavy atom. The van der Waals surface area contributed by atoms with Crippen molar-refractivity contribution >= 4 is 39.3 Å². The second kappa shape index (κ2) is 7.36. The molecule has 0 atom stereocenters. The Morgan fingerprint density at radius 2 is 1.50 bits per heavy atom. The molecule has 2 aromatic carbocycles. The van der Waals surface area contributed by atoms with Crippen molar-refractivity contribution in [2.75, 3.05) is 26.2 Å². The van der Waals surface area contributed by atoms with Crippen LogP contribution in [0.15, 0.2) is 53.0 Å². The first-order valence-electron chi connectivity index (χ1n) is 7.65. The van der Waals surface area contributed by atoms with Gasteiger partial charge in [0.1, 0.15) is 0 Å². The average Bonchev–Trinajstić information content (AvgIpc) is 2.61. The van der Waals surface area contributed by atoms with Crippen LogP contribution in [0.3, 0.4) is 0 Å². The number of nitrogens with zero attached hydrogens (tertiary/aromatic N) is 2. The molecule has 124 valence electrons. The molecule has 4 nitrogen and oxygen atoms in total. The molecule has 0 unspecified atom stereocenters. The van der Waals surface area contributed by atoms with E-state index >= 15 is 0 Å². The lowest BCUT2D eigenvalue weighted by Gasteiger charge is -2.35. The summed E-state index contributed by atoms with van der Waals surface area (Å²) in [6.45, 7) is 2.04. The second-order valence-corrected chi connectivity index (χ2v) is 6.90. The third-order valence-corrected chi connectivity index (χ3v) is 4.85. The molecular formula is C18H16BrClN2O2. The Balaban J connectivity index is 1.65. The molecule has 1 saturated heterocycles. The van der Waals surface area contributed by atoms with Crippen LogP contribution >= 0.6 is 27.5 Å². The zero-order chi connectivity index (χ0) is 17.1. The number of hydrogen-bond donors (Lipinski definition) is 0. The third-order valence-electron chi connectivity index (χ3n) is 4.03. The van der Waals surface area contributed by atoms with Gasteiger partial charge in [0, 0.05) is 36.2 Å². The minimum atomic E-state index is -0.0878. The molecule has 0 N–H and O–H groups in total. The standard InChI is InChI=1S/C18H16BrClN2O2/c19-14-5-3-4-13(12-14)17(23)21-8-10-22(11-9-21)18(24)15-6-1-2-7-16(15)20/h1-7,12H,8-11H2. The maximum Gasteiger partial charge on any atom is 0.255 e. The smallest absolute Gasteiger partial charge is 0.255 e. The van der Waals surface area contributed by atoms with Crippen LogP contribution in [-0.2, 0) is 0 Å². The molecule has 3 rings (SSSR count). The average molecular weight is 408 g/mol. The number of carbonyl (C=O) groups excluding carboxylic acids is 2. The van der Waals surface area contributed by atoms with E-state index in [0.717, 1.165) is 4.47 Å². The summed E-state index contributed by atoms with van der Waals surface area (Å²) >= 11 is 9.48. The van der Waals surface area contributed by atoms with Gasteiger partial charge in [0.25, 0.3) is 11.8 Å². The first-order chi connectivity index (χ1) is 11.6. The van der Waals surface area contributed by atoms with E-state index in [-0.39, 0.29) is 11.8 Å². The lowest BCUT2D eigenvalue weighted by atomic mass is 10.1. The highest BCUT2D eigenvalue weighted by Crippen LogP contribution is 2.19. The van der Waals surface area contributed by atoms with Gasteiger partial charge in [0.05, 0.1) is 10.6 Å². The highest BCUT2D eigenvalue weighted by atomic mass is 79.9. The highest BCUT2D eigenvalue weighted by molar-refractivity contribution is 9.10.